The van der Waals surface area contributed by atoms with Gasteiger partial charge in [0.2, 0.25) is 0 Å². The largest absolute Gasteiger partial charge is 0.351 e. The zero-order valence-corrected chi connectivity index (χ0v) is 12.3. The molecular weight excluding hydrogens is 238 g/mol. The van der Waals surface area contributed by atoms with Crippen LogP contribution in [0.4, 0.5) is 0 Å². The Balaban J connectivity index is 1.90. The number of hydrogen-bond acceptors (Lipinski definition) is 2. The molecule has 2 N–H and O–H groups in total. The summed E-state index contributed by atoms with van der Waals surface area (Å²) >= 11 is 0. The summed E-state index contributed by atoms with van der Waals surface area (Å²) in [4.78, 5) is 12.2. The van der Waals surface area contributed by atoms with Crippen LogP contribution in [0.5, 0.6) is 0 Å². The summed E-state index contributed by atoms with van der Waals surface area (Å²) in [5, 5.41) is 6.27. The quantitative estimate of drug-likeness (QED) is 0.741. The molecule has 4 nitrogen and oxygen atoms in total. The van der Waals surface area contributed by atoms with Gasteiger partial charge >= 0.3 is 0 Å². The molecule has 1 saturated carbocycles. The average molecular weight is 263 g/mol. The van der Waals surface area contributed by atoms with Crippen molar-refractivity contribution in [2.24, 2.45) is 0 Å². The van der Waals surface area contributed by atoms with Gasteiger partial charge in [0.05, 0.1) is 5.56 Å². The predicted molar refractivity (Wildman–Crippen MR) is 77.7 cm³/mol. The highest BCUT2D eigenvalue weighted by Gasteiger charge is 2.28. The summed E-state index contributed by atoms with van der Waals surface area (Å²) in [6.45, 7) is 8.80. The van der Waals surface area contributed by atoms with Crippen molar-refractivity contribution in [2.45, 2.75) is 46.1 Å². The van der Waals surface area contributed by atoms with E-state index in [1.807, 2.05) is 6.07 Å². The van der Waals surface area contributed by atoms with Crippen LogP contribution in [0.1, 0.15) is 54.0 Å². The molecule has 1 aromatic heterocycles. The van der Waals surface area contributed by atoms with Gasteiger partial charge in [0.1, 0.15) is 0 Å². The van der Waals surface area contributed by atoms with Crippen LogP contribution in [0.15, 0.2) is 6.07 Å². The molecule has 1 aliphatic carbocycles. The van der Waals surface area contributed by atoms with Crippen molar-refractivity contribution >= 4 is 5.91 Å². The van der Waals surface area contributed by atoms with Crippen LogP contribution in [0.25, 0.3) is 0 Å². The molecule has 1 aliphatic rings. The first-order chi connectivity index (χ1) is 9.15. The average Bonchev–Trinajstić information content (AvgIpc) is 3.15. The van der Waals surface area contributed by atoms with E-state index in [9.17, 15) is 4.79 Å². The van der Waals surface area contributed by atoms with Gasteiger partial charge in [0.15, 0.2) is 0 Å². The van der Waals surface area contributed by atoms with Crippen molar-refractivity contribution in [3.8, 4) is 0 Å². The molecular formula is C15H25N3O. The number of hydrogen-bond donors (Lipinski definition) is 2. The van der Waals surface area contributed by atoms with Crippen molar-refractivity contribution < 1.29 is 4.79 Å². The monoisotopic (exact) mass is 263 g/mol. The maximum absolute atomic E-state index is 12.2. The zero-order valence-electron chi connectivity index (χ0n) is 12.3. The van der Waals surface area contributed by atoms with Crippen LogP contribution in [0, 0.1) is 13.8 Å². The van der Waals surface area contributed by atoms with Gasteiger partial charge in [-0.2, -0.15) is 0 Å². The molecule has 19 heavy (non-hydrogen) atoms. The van der Waals surface area contributed by atoms with Crippen molar-refractivity contribution in [1.82, 2.24) is 15.2 Å². The number of aryl methyl sites for hydroxylation is 1. The van der Waals surface area contributed by atoms with Gasteiger partial charge in [-0.1, -0.05) is 6.92 Å². The van der Waals surface area contributed by atoms with E-state index in [0.717, 1.165) is 30.8 Å². The van der Waals surface area contributed by atoms with E-state index in [0.29, 0.717) is 12.6 Å². The minimum atomic E-state index is 0.0540. The molecule has 4 heteroatoms. The first-order valence-electron chi connectivity index (χ1n) is 7.32. The fraction of sp³-hybridized carbons (Fsp3) is 0.667. The molecule has 1 heterocycles. The third-order valence-corrected chi connectivity index (χ3v) is 3.66. The van der Waals surface area contributed by atoms with E-state index in [-0.39, 0.29) is 5.91 Å². The van der Waals surface area contributed by atoms with Gasteiger partial charge in [0.25, 0.3) is 5.91 Å². The molecule has 0 spiro atoms. The molecule has 106 valence electrons. The van der Waals surface area contributed by atoms with Gasteiger partial charge in [-0.05, 0) is 45.7 Å². The topological polar surface area (TPSA) is 46.1 Å². The van der Waals surface area contributed by atoms with Crippen molar-refractivity contribution in [3.63, 3.8) is 0 Å². The summed E-state index contributed by atoms with van der Waals surface area (Å²) < 4.78 is 2.31. The second-order valence-corrected chi connectivity index (χ2v) is 5.39. The first kappa shape index (κ1) is 14.1. The number of aromatic nitrogens is 1. The van der Waals surface area contributed by atoms with Crippen LogP contribution in [-0.4, -0.2) is 30.1 Å². The van der Waals surface area contributed by atoms with E-state index < -0.39 is 0 Å². The molecule has 1 fully saturated rings. The lowest BCUT2D eigenvalue weighted by molar-refractivity contribution is 0.0953. The highest BCUT2D eigenvalue weighted by atomic mass is 16.1. The Bertz CT molecular complexity index is 446. The Hall–Kier alpha value is -1.29. The molecule has 2 rings (SSSR count). The molecule has 0 bridgehead atoms. The zero-order chi connectivity index (χ0) is 13.8. The minimum Gasteiger partial charge on any atom is -0.351 e. The molecule has 0 unspecified atom stereocenters. The van der Waals surface area contributed by atoms with E-state index in [4.69, 9.17) is 0 Å². The van der Waals surface area contributed by atoms with Gasteiger partial charge < -0.3 is 15.2 Å². The Morgan fingerprint density at radius 1 is 1.32 bits per heavy atom. The molecule has 1 amide bonds. The fourth-order valence-corrected chi connectivity index (χ4v) is 2.56. The van der Waals surface area contributed by atoms with Gasteiger partial charge in [-0.15, -0.1) is 0 Å². The number of nitrogens with zero attached hydrogens (tertiary/aromatic N) is 1. The van der Waals surface area contributed by atoms with Crippen molar-refractivity contribution in [3.05, 3.63) is 23.0 Å². The van der Waals surface area contributed by atoms with Gasteiger partial charge in [-0.25, -0.2) is 0 Å². The summed E-state index contributed by atoms with van der Waals surface area (Å²) in [7, 11) is 0. The third-order valence-electron chi connectivity index (χ3n) is 3.66. The molecule has 0 saturated heterocycles. The lowest BCUT2D eigenvalue weighted by Gasteiger charge is -2.08. The Morgan fingerprint density at radius 3 is 2.68 bits per heavy atom. The number of carbonyl (C=O) groups is 1. The molecule has 1 aromatic rings. The third kappa shape index (κ3) is 3.38. The Labute approximate surface area is 115 Å². The van der Waals surface area contributed by atoms with Crippen molar-refractivity contribution in [1.29, 1.82) is 0 Å². The summed E-state index contributed by atoms with van der Waals surface area (Å²) in [6.07, 6.45) is 3.62. The van der Waals surface area contributed by atoms with Crippen LogP contribution >= 0.6 is 0 Å². The van der Waals surface area contributed by atoms with E-state index in [1.165, 1.54) is 18.5 Å². The standard InChI is InChI=1S/C15H25N3O/c1-4-7-16-8-9-17-15(19)14-10-11(2)18(12(14)3)13-5-6-13/h10,13,16H,4-9H2,1-3H3,(H,17,19). The second kappa shape index (κ2) is 6.24. The van der Waals surface area contributed by atoms with E-state index in [2.05, 4.69) is 36.0 Å². The normalized spacial score (nSPS) is 14.7. The number of carbonyl (C=O) groups excluding carboxylic acids is 1. The lowest BCUT2D eigenvalue weighted by atomic mass is 10.2. The highest BCUT2D eigenvalue weighted by molar-refractivity contribution is 5.95. The van der Waals surface area contributed by atoms with E-state index >= 15 is 0 Å². The van der Waals surface area contributed by atoms with Crippen molar-refractivity contribution in [2.75, 3.05) is 19.6 Å². The molecule has 0 atom stereocenters. The Kier molecular flexibility index (Phi) is 4.64. The number of amides is 1. The van der Waals surface area contributed by atoms with Crippen LogP contribution in [0.2, 0.25) is 0 Å². The SMILES string of the molecule is CCCNCCNC(=O)c1cc(C)n(C2CC2)c1C. The number of rotatable bonds is 7. The van der Waals surface area contributed by atoms with Gasteiger partial charge in [0, 0.05) is 30.5 Å². The molecule has 0 radical (unpaired) electrons. The minimum absolute atomic E-state index is 0.0540. The maximum atomic E-state index is 12.2. The number of nitrogens with one attached hydrogen (secondary N) is 2. The van der Waals surface area contributed by atoms with Crippen LogP contribution < -0.4 is 10.6 Å². The summed E-state index contributed by atoms with van der Waals surface area (Å²) in [5.74, 6) is 0.0540. The summed E-state index contributed by atoms with van der Waals surface area (Å²) in [5.41, 5.74) is 3.15. The highest BCUT2D eigenvalue weighted by Crippen LogP contribution is 2.38. The lowest BCUT2D eigenvalue weighted by Crippen LogP contribution is -2.32. The molecule has 0 aromatic carbocycles. The maximum Gasteiger partial charge on any atom is 0.253 e. The van der Waals surface area contributed by atoms with Crippen LogP contribution in [0.3, 0.4) is 0 Å². The second-order valence-electron chi connectivity index (χ2n) is 5.39. The Morgan fingerprint density at radius 2 is 2.05 bits per heavy atom. The first-order valence-corrected chi connectivity index (χ1v) is 7.32. The predicted octanol–water partition coefficient (Wildman–Crippen LogP) is 2.17. The van der Waals surface area contributed by atoms with E-state index in [1.54, 1.807) is 0 Å². The fourth-order valence-electron chi connectivity index (χ4n) is 2.56. The molecule has 0 aliphatic heterocycles. The van der Waals surface area contributed by atoms with Crippen LogP contribution in [-0.2, 0) is 0 Å². The smallest absolute Gasteiger partial charge is 0.253 e. The van der Waals surface area contributed by atoms with Gasteiger partial charge in [-0.3, -0.25) is 4.79 Å². The summed E-state index contributed by atoms with van der Waals surface area (Å²) in [6, 6.07) is 2.65.